The van der Waals surface area contributed by atoms with Crippen LogP contribution < -0.4 is 4.74 Å². The molecule has 0 aliphatic rings. The van der Waals surface area contributed by atoms with E-state index in [0.29, 0.717) is 11.3 Å². The summed E-state index contributed by atoms with van der Waals surface area (Å²) in [7, 11) is 0. The summed E-state index contributed by atoms with van der Waals surface area (Å²) in [5, 5.41) is 9.65. The molecular formula is C13H14I2O4. The van der Waals surface area contributed by atoms with Gasteiger partial charge in [-0.2, -0.15) is 0 Å². The van der Waals surface area contributed by atoms with Gasteiger partial charge in [-0.15, -0.1) is 0 Å². The highest BCUT2D eigenvalue weighted by Gasteiger charge is 2.11. The van der Waals surface area contributed by atoms with Crippen molar-refractivity contribution in [3.8, 4) is 5.75 Å². The topological polar surface area (TPSA) is 55.8 Å². The van der Waals surface area contributed by atoms with Crippen LogP contribution in [0.15, 0.2) is 30.4 Å². The van der Waals surface area contributed by atoms with E-state index < -0.39 is 12.1 Å². The fraction of sp³-hybridized carbons (Fsp3) is 0.308. The van der Waals surface area contributed by atoms with E-state index in [4.69, 9.17) is 9.47 Å². The predicted octanol–water partition coefficient (Wildman–Crippen LogP) is 2.75. The van der Waals surface area contributed by atoms with Crippen LogP contribution in [0.2, 0.25) is 0 Å². The highest BCUT2D eigenvalue weighted by atomic mass is 127. The quantitative estimate of drug-likeness (QED) is 0.381. The van der Waals surface area contributed by atoms with Gasteiger partial charge in [0.15, 0.2) is 0 Å². The van der Waals surface area contributed by atoms with E-state index in [-0.39, 0.29) is 13.2 Å². The van der Waals surface area contributed by atoms with E-state index in [1.165, 1.54) is 0 Å². The monoisotopic (exact) mass is 488 g/mol. The Kier molecular flexibility index (Phi) is 7.08. The first-order chi connectivity index (χ1) is 8.90. The van der Waals surface area contributed by atoms with E-state index in [2.05, 4.69) is 51.8 Å². The molecule has 0 aliphatic heterocycles. The van der Waals surface area contributed by atoms with Crippen molar-refractivity contribution in [1.82, 2.24) is 0 Å². The van der Waals surface area contributed by atoms with Gasteiger partial charge >= 0.3 is 5.97 Å². The third kappa shape index (κ3) is 6.09. The van der Waals surface area contributed by atoms with Crippen molar-refractivity contribution in [3.63, 3.8) is 0 Å². The molecule has 0 aromatic heterocycles. The molecule has 0 amide bonds. The number of carbonyl (C=O) groups excluding carboxylic acids is 1. The third-order valence-electron chi connectivity index (χ3n) is 2.08. The number of benzene rings is 1. The molecule has 0 spiro atoms. The SMILES string of the molecule is C=C(C)C(=O)OCC(O)COc1ccc(I)cc1I. The fourth-order valence-electron chi connectivity index (χ4n) is 1.12. The number of halogens is 2. The molecule has 0 fully saturated rings. The molecule has 0 saturated carbocycles. The van der Waals surface area contributed by atoms with Gasteiger partial charge in [0.25, 0.3) is 0 Å². The van der Waals surface area contributed by atoms with Gasteiger partial charge in [0, 0.05) is 9.14 Å². The Morgan fingerprint density at radius 1 is 1.42 bits per heavy atom. The zero-order valence-electron chi connectivity index (χ0n) is 10.4. The number of aliphatic hydroxyl groups excluding tert-OH is 1. The van der Waals surface area contributed by atoms with Crippen LogP contribution >= 0.6 is 45.2 Å². The van der Waals surface area contributed by atoms with Crippen LogP contribution in [0.1, 0.15) is 6.92 Å². The van der Waals surface area contributed by atoms with Crippen LogP contribution in [-0.2, 0) is 9.53 Å². The van der Waals surface area contributed by atoms with E-state index in [9.17, 15) is 9.90 Å². The molecular weight excluding hydrogens is 474 g/mol. The molecule has 1 atom stereocenters. The van der Waals surface area contributed by atoms with Crippen molar-refractivity contribution in [3.05, 3.63) is 37.5 Å². The highest BCUT2D eigenvalue weighted by Crippen LogP contribution is 2.22. The van der Waals surface area contributed by atoms with E-state index in [1.807, 2.05) is 18.2 Å². The average Bonchev–Trinajstić information content (AvgIpc) is 2.34. The van der Waals surface area contributed by atoms with Crippen molar-refractivity contribution >= 4 is 51.2 Å². The summed E-state index contributed by atoms with van der Waals surface area (Å²) in [6.07, 6.45) is -0.863. The van der Waals surface area contributed by atoms with Crippen LogP contribution in [0.25, 0.3) is 0 Å². The predicted molar refractivity (Wildman–Crippen MR) is 89.2 cm³/mol. The van der Waals surface area contributed by atoms with Crippen molar-refractivity contribution in [1.29, 1.82) is 0 Å². The first-order valence-electron chi connectivity index (χ1n) is 5.48. The zero-order valence-corrected chi connectivity index (χ0v) is 14.7. The molecule has 1 unspecified atom stereocenters. The van der Waals surface area contributed by atoms with Crippen LogP contribution in [-0.4, -0.2) is 30.4 Å². The molecule has 0 aliphatic carbocycles. The lowest BCUT2D eigenvalue weighted by Crippen LogP contribution is -2.25. The molecule has 6 heteroatoms. The van der Waals surface area contributed by atoms with Gasteiger partial charge in [-0.3, -0.25) is 0 Å². The summed E-state index contributed by atoms with van der Waals surface area (Å²) in [6, 6.07) is 5.74. The van der Waals surface area contributed by atoms with E-state index >= 15 is 0 Å². The summed E-state index contributed by atoms with van der Waals surface area (Å²) in [5.74, 6) is 0.189. The van der Waals surface area contributed by atoms with Crippen LogP contribution in [0, 0.1) is 7.14 Å². The molecule has 4 nitrogen and oxygen atoms in total. The number of ether oxygens (including phenoxy) is 2. The van der Waals surface area contributed by atoms with Gasteiger partial charge in [-0.1, -0.05) is 6.58 Å². The van der Waals surface area contributed by atoms with E-state index in [1.54, 1.807) is 6.92 Å². The van der Waals surface area contributed by atoms with Gasteiger partial charge < -0.3 is 14.6 Å². The van der Waals surface area contributed by atoms with Crippen LogP contribution in [0.4, 0.5) is 0 Å². The summed E-state index contributed by atoms with van der Waals surface area (Å²) < 4.78 is 12.4. The maximum atomic E-state index is 11.1. The van der Waals surface area contributed by atoms with Gasteiger partial charge in [0.1, 0.15) is 25.1 Å². The number of esters is 1. The minimum atomic E-state index is -0.863. The Labute approximate surface area is 139 Å². The normalized spacial score (nSPS) is 11.8. The largest absolute Gasteiger partial charge is 0.490 e. The second-order valence-electron chi connectivity index (χ2n) is 3.92. The molecule has 1 aromatic carbocycles. The summed E-state index contributed by atoms with van der Waals surface area (Å²) in [5.41, 5.74) is 0.306. The first-order valence-corrected chi connectivity index (χ1v) is 7.64. The molecule has 1 rings (SSSR count). The summed E-state index contributed by atoms with van der Waals surface area (Å²) in [4.78, 5) is 11.1. The molecule has 1 aromatic rings. The lowest BCUT2D eigenvalue weighted by molar-refractivity contribution is -0.142. The molecule has 19 heavy (non-hydrogen) atoms. The number of carbonyl (C=O) groups is 1. The minimum Gasteiger partial charge on any atom is -0.490 e. The Bertz CT molecular complexity index is 474. The third-order valence-corrected chi connectivity index (χ3v) is 3.59. The molecule has 104 valence electrons. The Morgan fingerprint density at radius 2 is 2.11 bits per heavy atom. The number of hydrogen-bond donors (Lipinski definition) is 1. The van der Waals surface area contributed by atoms with Crippen molar-refractivity contribution in [2.24, 2.45) is 0 Å². The second kappa shape index (κ2) is 8.05. The zero-order chi connectivity index (χ0) is 14.4. The molecule has 0 bridgehead atoms. The maximum Gasteiger partial charge on any atom is 0.333 e. The van der Waals surface area contributed by atoms with Gasteiger partial charge in [0.05, 0.1) is 3.57 Å². The van der Waals surface area contributed by atoms with Crippen molar-refractivity contribution < 1.29 is 19.4 Å². The fourth-order valence-corrected chi connectivity index (χ4v) is 2.88. The average molecular weight is 488 g/mol. The Balaban J connectivity index is 2.39. The van der Waals surface area contributed by atoms with Crippen LogP contribution in [0.5, 0.6) is 5.75 Å². The standard InChI is InChI=1S/C13H14I2O4/c1-8(2)13(17)19-7-10(16)6-18-12-4-3-9(14)5-11(12)15/h3-5,10,16H,1,6-7H2,2H3. The Hall–Kier alpha value is -0.350. The summed E-state index contributed by atoms with van der Waals surface area (Å²) >= 11 is 4.38. The lowest BCUT2D eigenvalue weighted by atomic mass is 10.3. The molecule has 1 N–H and O–H groups in total. The number of rotatable bonds is 6. The molecule has 0 radical (unpaired) electrons. The smallest absolute Gasteiger partial charge is 0.333 e. The van der Waals surface area contributed by atoms with E-state index in [0.717, 1.165) is 7.14 Å². The van der Waals surface area contributed by atoms with Gasteiger partial charge in [-0.05, 0) is 70.3 Å². The highest BCUT2D eigenvalue weighted by molar-refractivity contribution is 14.1. The summed E-state index contributed by atoms with van der Waals surface area (Å²) in [6.45, 7) is 4.98. The maximum absolute atomic E-state index is 11.1. The molecule has 0 heterocycles. The lowest BCUT2D eigenvalue weighted by Gasteiger charge is -2.13. The van der Waals surface area contributed by atoms with Gasteiger partial charge in [0.2, 0.25) is 0 Å². The second-order valence-corrected chi connectivity index (χ2v) is 6.33. The number of aliphatic hydroxyl groups is 1. The minimum absolute atomic E-state index is 0.0695. The van der Waals surface area contributed by atoms with Gasteiger partial charge in [-0.25, -0.2) is 4.79 Å². The van der Waals surface area contributed by atoms with Crippen molar-refractivity contribution in [2.75, 3.05) is 13.2 Å². The first kappa shape index (κ1) is 16.7. The molecule has 0 saturated heterocycles. The van der Waals surface area contributed by atoms with Crippen molar-refractivity contribution in [2.45, 2.75) is 13.0 Å². The van der Waals surface area contributed by atoms with Crippen LogP contribution in [0.3, 0.4) is 0 Å². The number of hydrogen-bond acceptors (Lipinski definition) is 4. The Morgan fingerprint density at radius 3 is 2.68 bits per heavy atom.